The van der Waals surface area contributed by atoms with Crippen molar-refractivity contribution in [2.45, 2.75) is 104 Å². The van der Waals surface area contributed by atoms with Crippen LogP contribution in [0.2, 0.25) is 0 Å². The van der Waals surface area contributed by atoms with E-state index in [2.05, 4.69) is 27.7 Å². The van der Waals surface area contributed by atoms with Crippen molar-refractivity contribution in [2.24, 2.45) is 52.3 Å². The zero-order chi connectivity index (χ0) is 21.8. The number of fused-ring (bicyclic) bond motifs is 7. The molecule has 2 aliphatic heterocycles. The lowest BCUT2D eigenvalue weighted by Crippen LogP contribution is -2.58. The Bertz CT molecular complexity index is 760. The summed E-state index contributed by atoms with van der Waals surface area (Å²) in [5, 5.41) is 0. The molecule has 0 aromatic rings. The smallest absolute Gasteiger partial charge is 0.200 e. The van der Waals surface area contributed by atoms with Crippen molar-refractivity contribution < 1.29 is 18.7 Å². The van der Waals surface area contributed by atoms with E-state index in [1.165, 1.54) is 32.1 Å². The van der Waals surface area contributed by atoms with Crippen LogP contribution in [-0.4, -0.2) is 30.5 Å². The highest BCUT2D eigenvalue weighted by molar-refractivity contribution is 5.87. The van der Waals surface area contributed by atoms with Crippen LogP contribution in [0.25, 0.3) is 0 Å². The quantitative estimate of drug-likeness (QED) is 0.474. The number of ether oxygens (including phenoxy) is 2. The minimum atomic E-state index is -1.18. The predicted molar refractivity (Wildman–Crippen MR) is 117 cm³/mol. The van der Waals surface area contributed by atoms with Crippen LogP contribution in [0.3, 0.4) is 0 Å². The lowest BCUT2D eigenvalue weighted by molar-refractivity contribution is -0.275. The molecule has 0 N–H and O–H groups in total. The molecule has 3 nitrogen and oxygen atoms in total. The molecule has 2 saturated heterocycles. The van der Waals surface area contributed by atoms with Gasteiger partial charge in [0.2, 0.25) is 5.79 Å². The summed E-state index contributed by atoms with van der Waals surface area (Å²) in [5.41, 5.74) is -0.281. The summed E-state index contributed by atoms with van der Waals surface area (Å²) < 4.78 is 28.6. The van der Waals surface area contributed by atoms with Crippen molar-refractivity contribution >= 4 is 5.78 Å². The van der Waals surface area contributed by atoms with Crippen LogP contribution in [0.1, 0.15) is 85.5 Å². The second kappa shape index (κ2) is 6.78. The van der Waals surface area contributed by atoms with Crippen molar-refractivity contribution in [2.75, 3.05) is 6.61 Å². The van der Waals surface area contributed by atoms with Crippen molar-refractivity contribution in [1.29, 1.82) is 0 Å². The van der Waals surface area contributed by atoms with Gasteiger partial charge in [-0.2, -0.15) is 0 Å². The summed E-state index contributed by atoms with van der Waals surface area (Å²) in [4.78, 5) is 13.9. The fourth-order valence-electron chi connectivity index (χ4n) is 9.63. The first kappa shape index (κ1) is 21.1. The van der Waals surface area contributed by atoms with Crippen LogP contribution in [0, 0.1) is 52.3 Å². The Labute approximate surface area is 187 Å². The molecule has 4 saturated carbocycles. The summed E-state index contributed by atoms with van der Waals surface area (Å²) in [6.07, 6.45) is 8.16. The molecule has 1 spiro atoms. The molecule has 4 aliphatic carbocycles. The van der Waals surface area contributed by atoms with Gasteiger partial charge in [-0.15, -0.1) is 0 Å². The molecule has 0 aromatic carbocycles. The predicted octanol–water partition coefficient (Wildman–Crippen LogP) is 5.95. The second-order valence-corrected chi connectivity index (χ2v) is 13.0. The van der Waals surface area contributed by atoms with Gasteiger partial charge in [-0.3, -0.25) is 4.79 Å². The maximum atomic E-state index is 16.1. The number of hydrogen-bond acceptors (Lipinski definition) is 3. The molecule has 4 heteroatoms. The maximum absolute atomic E-state index is 16.1. The van der Waals surface area contributed by atoms with Gasteiger partial charge in [-0.05, 0) is 79.4 Å². The molecule has 2 heterocycles. The maximum Gasteiger partial charge on any atom is 0.200 e. The SMILES string of the molecule is CC1CCC2(OC1)OC1CC3C4CCC5CC(C)CC[C@]5(C)C4CC(=O)[C@]3(C)C1[C@@H]2F. The average Bonchev–Trinajstić information content (AvgIpc) is 3.18. The molecule has 0 bridgehead atoms. The van der Waals surface area contributed by atoms with E-state index < -0.39 is 17.4 Å². The van der Waals surface area contributed by atoms with Crippen molar-refractivity contribution in [3.05, 3.63) is 0 Å². The third-order valence-electron chi connectivity index (χ3n) is 11.6. The Kier molecular flexibility index (Phi) is 4.61. The van der Waals surface area contributed by atoms with Crippen LogP contribution in [0.5, 0.6) is 0 Å². The largest absolute Gasteiger partial charge is 0.347 e. The number of carbonyl (C=O) groups excluding carboxylic acids is 1. The van der Waals surface area contributed by atoms with E-state index in [4.69, 9.17) is 9.47 Å². The zero-order valence-corrected chi connectivity index (χ0v) is 19.9. The van der Waals surface area contributed by atoms with Gasteiger partial charge < -0.3 is 9.47 Å². The first-order chi connectivity index (χ1) is 14.7. The normalized spacial score (nSPS) is 60.9. The van der Waals surface area contributed by atoms with Gasteiger partial charge in [-0.25, -0.2) is 4.39 Å². The number of halogens is 1. The van der Waals surface area contributed by atoms with Gasteiger partial charge in [0.15, 0.2) is 6.17 Å². The number of rotatable bonds is 0. The highest BCUT2D eigenvalue weighted by atomic mass is 19.1. The molecule has 0 aromatic heterocycles. The minimum Gasteiger partial charge on any atom is -0.347 e. The molecule has 6 fully saturated rings. The monoisotopic (exact) mass is 432 g/mol. The fourth-order valence-corrected chi connectivity index (χ4v) is 9.63. The van der Waals surface area contributed by atoms with Gasteiger partial charge in [0.05, 0.1) is 12.7 Å². The van der Waals surface area contributed by atoms with Crippen LogP contribution in [0.15, 0.2) is 0 Å². The average molecular weight is 433 g/mol. The summed E-state index contributed by atoms with van der Waals surface area (Å²) in [7, 11) is 0. The zero-order valence-electron chi connectivity index (χ0n) is 19.9. The minimum absolute atomic E-state index is 0.155. The van der Waals surface area contributed by atoms with Gasteiger partial charge in [0, 0.05) is 24.2 Å². The van der Waals surface area contributed by atoms with E-state index in [0.717, 1.165) is 24.7 Å². The highest BCUT2D eigenvalue weighted by Crippen LogP contribution is 2.69. The standard InChI is InChI=1S/C27H41FO3/c1-15-7-9-25(3)17(11-15)5-6-18-19(25)13-22(29)26(4)20(18)12-21-23(26)24(28)27(31-21)10-8-16(2)14-30-27/h15-21,23-24H,5-14H2,1-4H3/t15?,16?,17?,18?,19?,20?,21?,23?,24-,25-,26+,27?/m0/s1. The van der Waals surface area contributed by atoms with Crippen molar-refractivity contribution in [3.63, 3.8) is 0 Å². The number of alkyl halides is 1. The Balaban J connectivity index is 1.30. The lowest BCUT2D eigenvalue weighted by atomic mass is 9.44. The van der Waals surface area contributed by atoms with E-state index in [1.54, 1.807) is 0 Å². The molecular weight excluding hydrogens is 391 g/mol. The highest BCUT2D eigenvalue weighted by Gasteiger charge is 2.73. The Morgan fingerprint density at radius 1 is 0.968 bits per heavy atom. The van der Waals surface area contributed by atoms with Gasteiger partial charge in [-0.1, -0.05) is 34.1 Å². The van der Waals surface area contributed by atoms with Crippen LogP contribution >= 0.6 is 0 Å². The third kappa shape index (κ3) is 2.67. The van der Waals surface area contributed by atoms with Crippen LogP contribution in [-0.2, 0) is 14.3 Å². The van der Waals surface area contributed by atoms with Gasteiger partial charge in [0.25, 0.3) is 0 Å². The lowest BCUT2D eigenvalue weighted by Gasteiger charge is -2.60. The molecule has 6 rings (SSSR count). The summed E-state index contributed by atoms with van der Waals surface area (Å²) in [6, 6.07) is 0. The molecule has 0 amide bonds. The van der Waals surface area contributed by atoms with E-state index in [0.29, 0.717) is 48.4 Å². The third-order valence-corrected chi connectivity index (χ3v) is 11.6. The summed E-state index contributed by atoms with van der Waals surface area (Å²) in [5.74, 6) is 2.29. The number of Topliss-reactive ketones (excluding diaryl/α,β-unsaturated/α-hetero) is 1. The topological polar surface area (TPSA) is 35.5 Å². The molecule has 9 unspecified atom stereocenters. The van der Waals surface area contributed by atoms with E-state index >= 15 is 4.39 Å². The molecule has 31 heavy (non-hydrogen) atoms. The number of hydrogen-bond donors (Lipinski definition) is 0. The fraction of sp³-hybridized carbons (Fsp3) is 0.963. The van der Waals surface area contributed by atoms with E-state index in [1.807, 2.05) is 0 Å². The number of carbonyl (C=O) groups is 1. The van der Waals surface area contributed by atoms with Gasteiger partial charge in [0.1, 0.15) is 5.78 Å². The van der Waals surface area contributed by atoms with E-state index in [-0.39, 0.29) is 17.9 Å². The second-order valence-electron chi connectivity index (χ2n) is 13.0. The Morgan fingerprint density at radius 3 is 2.48 bits per heavy atom. The number of ketones is 1. The van der Waals surface area contributed by atoms with Crippen molar-refractivity contribution in [1.82, 2.24) is 0 Å². The summed E-state index contributed by atoms with van der Waals surface area (Å²) >= 11 is 0. The molecule has 174 valence electrons. The first-order valence-corrected chi connectivity index (χ1v) is 13.2. The molecular formula is C27H41FO3. The van der Waals surface area contributed by atoms with Crippen LogP contribution in [0.4, 0.5) is 4.39 Å². The first-order valence-electron chi connectivity index (χ1n) is 13.2. The molecule has 0 radical (unpaired) electrons. The Morgan fingerprint density at radius 2 is 1.74 bits per heavy atom. The van der Waals surface area contributed by atoms with Crippen LogP contribution < -0.4 is 0 Å². The molecule has 6 aliphatic rings. The van der Waals surface area contributed by atoms with Crippen molar-refractivity contribution in [3.8, 4) is 0 Å². The molecule has 12 atom stereocenters. The Hall–Kier alpha value is -0.480. The van der Waals surface area contributed by atoms with Gasteiger partial charge >= 0.3 is 0 Å². The summed E-state index contributed by atoms with van der Waals surface area (Å²) in [6.45, 7) is 9.72. The van der Waals surface area contributed by atoms with E-state index in [9.17, 15) is 4.79 Å².